The molecule has 2 unspecified atom stereocenters. The average molecular weight is 182 g/mol. The van der Waals surface area contributed by atoms with Crippen molar-refractivity contribution in [3.05, 3.63) is 12.2 Å². The third-order valence-electron chi connectivity index (χ3n) is 2.83. The smallest absolute Gasteiger partial charge is 0.330 e. The second kappa shape index (κ2) is 4.45. The third-order valence-corrected chi connectivity index (χ3v) is 2.83. The van der Waals surface area contributed by atoms with Crippen LogP contribution in [0, 0.1) is 11.8 Å². The quantitative estimate of drug-likeness (QED) is 0.633. The molecule has 2 rings (SSSR count). The van der Waals surface area contributed by atoms with E-state index >= 15 is 0 Å². The molecule has 0 radical (unpaired) electrons. The van der Waals surface area contributed by atoms with Gasteiger partial charge in [0.1, 0.15) is 0 Å². The molecule has 0 aromatic rings. The number of fused-ring (bicyclic) bond motifs is 1. The maximum atomic E-state index is 9.60. The summed E-state index contributed by atoms with van der Waals surface area (Å²) < 4.78 is 0. The predicted molar refractivity (Wildman–Crippen MR) is 52.5 cm³/mol. The summed E-state index contributed by atoms with van der Waals surface area (Å²) >= 11 is 0. The Bertz CT molecular complexity index is 186. The van der Waals surface area contributed by atoms with Gasteiger partial charge in [-0.15, -0.1) is 0 Å². The van der Waals surface area contributed by atoms with Gasteiger partial charge in [-0.2, -0.15) is 0 Å². The zero-order valence-corrected chi connectivity index (χ0v) is 8.25. The molecule has 0 amide bonds. The molecule has 0 aromatic heterocycles. The van der Waals surface area contributed by atoms with Crippen molar-refractivity contribution in [1.29, 1.82) is 0 Å². The first-order chi connectivity index (χ1) is 6.11. The molecule has 1 N–H and O–H groups in total. The van der Waals surface area contributed by atoms with E-state index in [1.165, 1.54) is 31.6 Å². The van der Waals surface area contributed by atoms with Crippen molar-refractivity contribution in [2.75, 3.05) is 0 Å². The highest BCUT2D eigenvalue weighted by atomic mass is 16.4. The number of hydrogen-bond acceptors (Lipinski definition) is 1. The molecule has 2 nitrogen and oxygen atoms in total. The largest absolute Gasteiger partial charge is 0.478 e. The van der Waals surface area contributed by atoms with Crippen LogP contribution in [0.25, 0.3) is 0 Å². The van der Waals surface area contributed by atoms with Gasteiger partial charge in [-0.3, -0.25) is 0 Å². The first-order valence-corrected chi connectivity index (χ1v) is 5.00. The highest BCUT2D eigenvalue weighted by Gasteiger charge is 2.37. The Kier molecular flexibility index (Phi) is 3.52. The lowest BCUT2D eigenvalue weighted by atomic mass is 10.0. The molecule has 0 heterocycles. The molecule has 2 atom stereocenters. The summed E-state index contributed by atoms with van der Waals surface area (Å²) in [6, 6.07) is 0. The zero-order chi connectivity index (χ0) is 9.84. The molecule has 2 heteroatoms. The van der Waals surface area contributed by atoms with Gasteiger partial charge in [0.15, 0.2) is 0 Å². The van der Waals surface area contributed by atoms with E-state index in [1.54, 1.807) is 19.3 Å². The Morgan fingerprint density at radius 1 is 1.31 bits per heavy atom. The molecule has 13 heavy (non-hydrogen) atoms. The first kappa shape index (κ1) is 10.3. The van der Waals surface area contributed by atoms with E-state index < -0.39 is 5.97 Å². The predicted octanol–water partition coefficient (Wildman–Crippen LogP) is 2.84. The Hall–Kier alpha value is -0.790. The van der Waals surface area contributed by atoms with E-state index in [0.29, 0.717) is 0 Å². The van der Waals surface area contributed by atoms with Crippen LogP contribution < -0.4 is 0 Å². The van der Waals surface area contributed by atoms with Crippen molar-refractivity contribution >= 4 is 5.97 Å². The van der Waals surface area contributed by atoms with Gasteiger partial charge >= 0.3 is 5.97 Å². The van der Waals surface area contributed by atoms with Crippen LogP contribution in [0.1, 0.15) is 39.0 Å². The van der Waals surface area contributed by atoms with E-state index in [2.05, 4.69) is 6.58 Å². The summed E-state index contributed by atoms with van der Waals surface area (Å²) in [5, 5.41) is 7.89. The van der Waals surface area contributed by atoms with E-state index in [0.717, 1.165) is 0 Å². The van der Waals surface area contributed by atoms with Crippen LogP contribution in [0.5, 0.6) is 0 Å². The van der Waals surface area contributed by atoms with Crippen molar-refractivity contribution < 1.29 is 9.90 Å². The SMILES string of the molecule is C1CCC2CC2C1.C=C(C)C(=O)O. The molecule has 0 aromatic carbocycles. The second-order valence-electron chi connectivity index (χ2n) is 4.13. The van der Waals surface area contributed by atoms with Crippen LogP contribution in [-0.4, -0.2) is 11.1 Å². The summed E-state index contributed by atoms with van der Waals surface area (Å²) in [5.74, 6) is 1.47. The van der Waals surface area contributed by atoms with Gasteiger partial charge < -0.3 is 5.11 Å². The summed E-state index contributed by atoms with van der Waals surface area (Å²) in [5.41, 5.74) is 0.176. The molecule has 2 aliphatic carbocycles. The van der Waals surface area contributed by atoms with Crippen molar-refractivity contribution in [3.63, 3.8) is 0 Å². The number of carboxylic acids is 1. The molecular formula is C11H18O2. The number of carboxylic acid groups (broad SMARTS) is 1. The van der Waals surface area contributed by atoms with Crippen LogP contribution in [-0.2, 0) is 4.79 Å². The van der Waals surface area contributed by atoms with Crippen LogP contribution in [0.3, 0.4) is 0 Å². The fourth-order valence-electron chi connectivity index (χ4n) is 1.83. The van der Waals surface area contributed by atoms with E-state index in [-0.39, 0.29) is 5.57 Å². The molecule has 2 fully saturated rings. The topological polar surface area (TPSA) is 37.3 Å². The first-order valence-electron chi connectivity index (χ1n) is 5.00. The summed E-state index contributed by atoms with van der Waals surface area (Å²) in [7, 11) is 0. The Morgan fingerprint density at radius 3 is 1.92 bits per heavy atom. The van der Waals surface area contributed by atoms with Crippen molar-refractivity contribution in [3.8, 4) is 0 Å². The summed E-state index contributed by atoms with van der Waals surface area (Å²) in [4.78, 5) is 9.60. The van der Waals surface area contributed by atoms with Crippen molar-refractivity contribution in [2.24, 2.45) is 11.8 Å². The standard InChI is InChI=1S/C7H12.C4H6O2/c1-2-4-7-5-6(7)3-1;1-3(2)4(5)6/h6-7H,1-5H2;1H2,2H3,(H,5,6). The number of hydrogen-bond donors (Lipinski definition) is 1. The average Bonchev–Trinajstić information content (AvgIpc) is 2.83. The highest BCUT2D eigenvalue weighted by Crippen LogP contribution is 2.49. The van der Waals surface area contributed by atoms with Crippen LogP contribution in [0.4, 0.5) is 0 Å². The molecule has 2 aliphatic rings. The fraction of sp³-hybridized carbons (Fsp3) is 0.727. The lowest BCUT2D eigenvalue weighted by molar-refractivity contribution is -0.132. The number of rotatable bonds is 1. The molecule has 0 aliphatic heterocycles. The number of aliphatic carboxylic acids is 1. The lowest BCUT2D eigenvalue weighted by Gasteiger charge is -2.05. The minimum Gasteiger partial charge on any atom is -0.478 e. The van der Waals surface area contributed by atoms with Gasteiger partial charge in [0.25, 0.3) is 0 Å². The fourth-order valence-corrected chi connectivity index (χ4v) is 1.83. The lowest BCUT2D eigenvalue weighted by Crippen LogP contribution is -1.92. The van der Waals surface area contributed by atoms with Gasteiger partial charge in [-0.05, 0) is 25.2 Å². The molecule has 74 valence electrons. The van der Waals surface area contributed by atoms with Gasteiger partial charge in [-0.25, -0.2) is 4.79 Å². The van der Waals surface area contributed by atoms with Crippen LogP contribution >= 0.6 is 0 Å². The van der Waals surface area contributed by atoms with E-state index in [9.17, 15) is 4.79 Å². The summed E-state index contributed by atoms with van der Waals surface area (Å²) in [6.45, 7) is 4.60. The normalized spacial score (nSPS) is 29.3. The molecule has 0 spiro atoms. The van der Waals surface area contributed by atoms with Gasteiger partial charge in [0.05, 0.1) is 0 Å². The van der Waals surface area contributed by atoms with Gasteiger partial charge in [0, 0.05) is 5.57 Å². The third kappa shape index (κ3) is 3.62. The minimum atomic E-state index is -0.935. The molecule has 2 saturated carbocycles. The Balaban J connectivity index is 0.000000133. The molecular weight excluding hydrogens is 164 g/mol. The van der Waals surface area contributed by atoms with Crippen molar-refractivity contribution in [1.82, 2.24) is 0 Å². The highest BCUT2D eigenvalue weighted by molar-refractivity contribution is 5.84. The van der Waals surface area contributed by atoms with Crippen molar-refractivity contribution in [2.45, 2.75) is 39.0 Å². The maximum Gasteiger partial charge on any atom is 0.330 e. The Labute approximate surface area is 79.6 Å². The number of carbonyl (C=O) groups is 1. The van der Waals surface area contributed by atoms with Crippen LogP contribution in [0.2, 0.25) is 0 Å². The second-order valence-corrected chi connectivity index (χ2v) is 4.13. The zero-order valence-electron chi connectivity index (χ0n) is 8.25. The summed E-state index contributed by atoms with van der Waals surface area (Å²) in [6.07, 6.45) is 7.76. The van der Waals surface area contributed by atoms with Gasteiger partial charge in [-0.1, -0.05) is 32.3 Å². The van der Waals surface area contributed by atoms with Crippen LogP contribution in [0.15, 0.2) is 12.2 Å². The van der Waals surface area contributed by atoms with E-state index in [1.807, 2.05) is 0 Å². The maximum absolute atomic E-state index is 9.60. The monoisotopic (exact) mass is 182 g/mol. The van der Waals surface area contributed by atoms with E-state index in [4.69, 9.17) is 5.11 Å². The molecule has 0 bridgehead atoms. The minimum absolute atomic E-state index is 0.176. The Morgan fingerprint density at radius 2 is 1.69 bits per heavy atom. The molecule has 0 saturated heterocycles. The van der Waals surface area contributed by atoms with Gasteiger partial charge in [0.2, 0.25) is 0 Å².